The van der Waals surface area contributed by atoms with Crippen LogP contribution in [-0.2, 0) is 10.8 Å². The number of methoxy groups -OCH3 is 1. The zero-order valence-corrected chi connectivity index (χ0v) is 19.2. The predicted octanol–water partition coefficient (Wildman–Crippen LogP) is 7.13. The van der Waals surface area contributed by atoms with E-state index in [1.54, 1.807) is 0 Å². The van der Waals surface area contributed by atoms with E-state index < -0.39 is 0 Å². The highest BCUT2D eigenvalue weighted by molar-refractivity contribution is 6.37. The maximum Gasteiger partial charge on any atom is 0.190 e. The van der Waals surface area contributed by atoms with Crippen molar-refractivity contribution in [3.63, 3.8) is 0 Å². The quantitative estimate of drug-likeness (QED) is 0.518. The van der Waals surface area contributed by atoms with E-state index in [0.717, 1.165) is 5.56 Å². The van der Waals surface area contributed by atoms with Crippen LogP contribution in [0.5, 0.6) is 17.2 Å². The lowest BCUT2D eigenvalue weighted by molar-refractivity contribution is 0.374. The van der Waals surface area contributed by atoms with Crippen LogP contribution in [0.4, 0.5) is 0 Å². The van der Waals surface area contributed by atoms with Crippen LogP contribution in [0.3, 0.4) is 0 Å². The number of nitriles is 2. The molecule has 2 aromatic rings. The summed E-state index contributed by atoms with van der Waals surface area (Å²) in [6, 6.07) is 9.84. The molecule has 0 heterocycles. The van der Waals surface area contributed by atoms with Crippen LogP contribution in [-0.4, -0.2) is 7.11 Å². The molecule has 0 spiro atoms. The zero-order chi connectivity index (χ0) is 22.1. The van der Waals surface area contributed by atoms with Gasteiger partial charge in [0, 0.05) is 5.56 Å². The minimum absolute atomic E-state index is 0.00503. The molecule has 0 aliphatic heterocycles. The van der Waals surface area contributed by atoms with Crippen molar-refractivity contribution in [3.8, 4) is 29.4 Å². The van der Waals surface area contributed by atoms with Gasteiger partial charge < -0.3 is 9.47 Å². The molecule has 0 unspecified atom stereocenters. The van der Waals surface area contributed by atoms with Gasteiger partial charge in [0.25, 0.3) is 0 Å². The van der Waals surface area contributed by atoms with Gasteiger partial charge in [0.05, 0.1) is 18.2 Å². The van der Waals surface area contributed by atoms with E-state index in [1.807, 2.05) is 24.3 Å². The summed E-state index contributed by atoms with van der Waals surface area (Å²) in [5.74, 6) is 0.811. The van der Waals surface area contributed by atoms with E-state index in [9.17, 15) is 10.5 Å². The van der Waals surface area contributed by atoms with Gasteiger partial charge in [-0.25, -0.2) is 0 Å². The molecule has 2 aromatic carbocycles. The Balaban J connectivity index is 2.77. The lowest BCUT2D eigenvalue weighted by atomic mass is 9.80. The van der Waals surface area contributed by atoms with Crippen LogP contribution in [0.15, 0.2) is 18.2 Å². The van der Waals surface area contributed by atoms with E-state index in [4.69, 9.17) is 32.7 Å². The first-order valence-corrected chi connectivity index (χ1v) is 9.84. The fourth-order valence-corrected chi connectivity index (χ4v) is 3.47. The second-order valence-corrected chi connectivity index (χ2v) is 9.53. The van der Waals surface area contributed by atoms with Crippen LogP contribution in [0.1, 0.15) is 63.8 Å². The lowest BCUT2D eigenvalue weighted by Crippen LogP contribution is -2.17. The minimum atomic E-state index is -0.218. The van der Waals surface area contributed by atoms with E-state index >= 15 is 0 Å². The van der Waals surface area contributed by atoms with Gasteiger partial charge in [-0.3, -0.25) is 0 Å². The maximum atomic E-state index is 9.48. The molecule has 29 heavy (non-hydrogen) atoms. The Bertz CT molecular complexity index is 1030. The van der Waals surface area contributed by atoms with Crippen LogP contribution >= 0.6 is 23.2 Å². The second-order valence-electron chi connectivity index (χ2n) is 8.78. The molecule has 0 radical (unpaired) electrons. The molecule has 0 saturated carbocycles. The van der Waals surface area contributed by atoms with Crippen LogP contribution in [0, 0.1) is 22.7 Å². The van der Waals surface area contributed by atoms with Gasteiger partial charge in [0.1, 0.15) is 27.9 Å². The number of hydrogen-bond acceptors (Lipinski definition) is 4. The predicted molar refractivity (Wildman–Crippen MR) is 116 cm³/mol. The summed E-state index contributed by atoms with van der Waals surface area (Å²) >= 11 is 12.7. The highest BCUT2D eigenvalue weighted by atomic mass is 35.5. The third-order valence-electron chi connectivity index (χ3n) is 4.59. The smallest absolute Gasteiger partial charge is 0.190 e. The van der Waals surface area contributed by atoms with Crippen molar-refractivity contribution < 1.29 is 9.47 Å². The summed E-state index contributed by atoms with van der Waals surface area (Å²) in [5.41, 5.74) is 1.82. The molecule has 0 amide bonds. The number of nitrogens with zero attached hydrogens (tertiary/aromatic N) is 2. The molecule has 0 atom stereocenters. The largest absolute Gasteiger partial charge is 0.491 e. The first-order valence-electron chi connectivity index (χ1n) is 9.08. The molecule has 152 valence electrons. The average Bonchev–Trinajstić information content (AvgIpc) is 2.62. The molecule has 0 aromatic heterocycles. The molecule has 0 bridgehead atoms. The normalized spacial score (nSPS) is 11.6. The van der Waals surface area contributed by atoms with Crippen LogP contribution in [0.25, 0.3) is 0 Å². The Labute approximate surface area is 182 Å². The highest BCUT2D eigenvalue weighted by Gasteiger charge is 2.28. The monoisotopic (exact) mass is 430 g/mol. The summed E-state index contributed by atoms with van der Waals surface area (Å²) < 4.78 is 11.6. The number of ether oxygens (including phenoxy) is 2. The van der Waals surface area contributed by atoms with Crippen molar-refractivity contribution in [1.29, 1.82) is 10.5 Å². The van der Waals surface area contributed by atoms with Gasteiger partial charge >= 0.3 is 0 Å². The highest BCUT2D eigenvalue weighted by Crippen LogP contribution is 2.48. The molecular formula is C23H24Cl2N2O2. The third kappa shape index (κ3) is 4.45. The summed E-state index contributed by atoms with van der Waals surface area (Å²) in [6.07, 6.45) is 0. The maximum absolute atomic E-state index is 9.48. The van der Waals surface area contributed by atoms with Gasteiger partial charge in [0.15, 0.2) is 11.5 Å². The summed E-state index contributed by atoms with van der Waals surface area (Å²) in [5, 5.41) is 18.8. The minimum Gasteiger partial charge on any atom is -0.491 e. The zero-order valence-electron chi connectivity index (χ0n) is 17.7. The molecule has 4 nitrogen and oxygen atoms in total. The molecular weight excluding hydrogens is 407 g/mol. The van der Waals surface area contributed by atoms with Gasteiger partial charge in [-0.1, -0.05) is 76.9 Å². The van der Waals surface area contributed by atoms with Crippen molar-refractivity contribution in [2.45, 2.75) is 52.4 Å². The molecule has 0 aliphatic carbocycles. The first kappa shape index (κ1) is 22.9. The van der Waals surface area contributed by atoms with Gasteiger partial charge in [-0.15, -0.1) is 0 Å². The molecule has 0 aliphatic rings. The Morgan fingerprint density at radius 1 is 0.828 bits per heavy atom. The van der Waals surface area contributed by atoms with Crippen molar-refractivity contribution in [3.05, 3.63) is 50.5 Å². The number of rotatable bonds is 3. The third-order valence-corrected chi connectivity index (χ3v) is 5.31. The van der Waals surface area contributed by atoms with E-state index in [1.165, 1.54) is 12.7 Å². The van der Waals surface area contributed by atoms with E-state index in [2.05, 4.69) is 47.6 Å². The first-order chi connectivity index (χ1) is 13.4. The Hall–Kier alpha value is -2.40. The molecule has 0 fully saturated rings. The fraction of sp³-hybridized carbons (Fsp3) is 0.391. The van der Waals surface area contributed by atoms with Crippen LogP contribution in [0.2, 0.25) is 10.0 Å². The average molecular weight is 431 g/mol. The fourth-order valence-electron chi connectivity index (χ4n) is 2.91. The summed E-state index contributed by atoms with van der Waals surface area (Å²) in [7, 11) is 1.41. The molecule has 2 rings (SSSR count). The van der Waals surface area contributed by atoms with Gasteiger partial charge in [-0.2, -0.15) is 10.5 Å². The number of benzene rings is 2. The van der Waals surface area contributed by atoms with Gasteiger partial charge in [0.2, 0.25) is 0 Å². The lowest BCUT2D eigenvalue weighted by Gasteiger charge is -2.27. The Morgan fingerprint density at radius 3 is 1.76 bits per heavy atom. The molecule has 0 saturated heterocycles. The summed E-state index contributed by atoms with van der Waals surface area (Å²) in [4.78, 5) is 0. The SMILES string of the molecule is COc1c(Cl)c(C#N)c(C#N)c(Cl)c1Oc1ccc(C(C)(C)C)cc1C(C)(C)C. The molecule has 6 heteroatoms. The van der Waals surface area contributed by atoms with Gasteiger partial charge in [-0.05, 0) is 22.5 Å². The van der Waals surface area contributed by atoms with E-state index in [-0.39, 0.29) is 43.5 Å². The van der Waals surface area contributed by atoms with Crippen molar-refractivity contribution >= 4 is 23.2 Å². The Kier molecular flexibility index (Phi) is 6.43. The van der Waals surface area contributed by atoms with E-state index in [0.29, 0.717) is 5.75 Å². The number of halogens is 2. The topological polar surface area (TPSA) is 66.0 Å². The standard InChI is InChI=1S/C23H24Cl2N2O2/c1-22(2,3)13-8-9-17(16(10-13)23(4,5)6)29-21-19(25)15(12-27)14(11-26)18(24)20(21)28-7/h8-10H,1-7H3. The second kappa shape index (κ2) is 8.15. The van der Waals surface area contributed by atoms with Crippen LogP contribution < -0.4 is 9.47 Å². The Morgan fingerprint density at radius 2 is 1.34 bits per heavy atom. The van der Waals surface area contributed by atoms with Crippen molar-refractivity contribution in [2.75, 3.05) is 7.11 Å². The number of hydrogen-bond donors (Lipinski definition) is 0. The summed E-state index contributed by atoms with van der Waals surface area (Å²) in [6.45, 7) is 12.7. The van der Waals surface area contributed by atoms with Crippen molar-refractivity contribution in [1.82, 2.24) is 0 Å². The van der Waals surface area contributed by atoms with Crippen molar-refractivity contribution in [2.24, 2.45) is 0 Å². The molecule has 0 N–H and O–H groups in total.